The average Bonchev–Trinajstić information content (AvgIpc) is 2.32. The van der Waals surface area contributed by atoms with Gasteiger partial charge in [0.05, 0.1) is 0 Å². The van der Waals surface area contributed by atoms with Crippen molar-refractivity contribution in [2.75, 3.05) is 13.2 Å². The van der Waals surface area contributed by atoms with Crippen molar-refractivity contribution in [3.8, 4) is 5.75 Å². The van der Waals surface area contributed by atoms with Crippen LogP contribution < -0.4 is 4.52 Å². The zero-order valence-corrected chi connectivity index (χ0v) is 11.1. The molecule has 2 aliphatic heterocycles. The Morgan fingerprint density at radius 2 is 1.67 bits per heavy atom. The molecule has 2 aliphatic rings. The van der Waals surface area contributed by atoms with Crippen molar-refractivity contribution >= 4 is 7.74 Å². The van der Waals surface area contributed by atoms with Crippen molar-refractivity contribution in [1.82, 2.24) is 0 Å². The third-order valence-electron chi connectivity index (χ3n) is 2.63. The minimum atomic E-state index is -4.01. The summed E-state index contributed by atoms with van der Waals surface area (Å²) in [6, 6.07) is 9.07. The van der Waals surface area contributed by atoms with Crippen molar-refractivity contribution in [2.45, 2.75) is 13.8 Å². The van der Waals surface area contributed by atoms with Crippen molar-refractivity contribution < 1.29 is 28.0 Å². The van der Waals surface area contributed by atoms with Gasteiger partial charge in [0.25, 0.3) is 0 Å². The van der Waals surface area contributed by atoms with E-state index in [4.69, 9.17) is 22.9 Å². The van der Waals surface area contributed by atoms with Crippen LogP contribution in [0.1, 0.15) is 13.8 Å². The van der Waals surface area contributed by atoms with E-state index in [1.165, 1.54) is 0 Å². The standard InChI is InChI=1S/C11H15O6P/c1-11(2)8-12-18(13-9-11,16-15-17-18)14-10-6-4-3-5-7-10/h3-7H,8-9H2,1-2H3. The van der Waals surface area contributed by atoms with E-state index in [-0.39, 0.29) is 5.41 Å². The molecule has 0 N–H and O–H groups in total. The van der Waals surface area contributed by atoms with Gasteiger partial charge in [-0.3, -0.25) is 0 Å². The Morgan fingerprint density at radius 3 is 2.17 bits per heavy atom. The molecule has 1 aromatic rings. The number of hydrogen-bond donors (Lipinski definition) is 0. The topological polar surface area (TPSA) is 55.4 Å². The molecule has 3 rings (SSSR count). The van der Waals surface area contributed by atoms with Crippen LogP contribution in [0.4, 0.5) is 0 Å². The zero-order chi connectivity index (χ0) is 12.7. The molecule has 0 bridgehead atoms. The van der Waals surface area contributed by atoms with Gasteiger partial charge in [0.2, 0.25) is 0 Å². The molecule has 18 heavy (non-hydrogen) atoms. The van der Waals surface area contributed by atoms with Crippen LogP contribution in [0, 0.1) is 5.41 Å². The van der Waals surface area contributed by atoms with E-state index >= 15 is 0 Å². The summed E-state index contributed by atoms with van der Waals surface area (Å²) in [4.78, 5) is 0. The Kier molecular flexibility index (Phi) is 2.64. The van der Waals surface area contributed by atoms with E-state index in [0.717, 1.165) is 0 Å². The second-order valence-corrected chi connectivity index (χ2v) is 7.57. The first-order valence-corrected chi connectivity index (χ1v) is 7.47. The van der Waals surface area contributed by atoms with Gasteiger partial charge in [0.1, 0.15) is 0 Å². The zero-order valence-electron chi connectivity index (χ0n) is 10.2. The molecule has 2 saturated heterocycles. The Labute approximate surface area is 105 Å². The van der Waals surface area contributed by atoms with Crippen molar-refractivity contribution in [2.24, 2.45) is 5.41 Å². The number of hydrogen-bond acceptors (Lipinski definition) is 6. The Balaban J connectivity index is 1.82. The van der Waals surface area contributed by atoms with Gasteiger partial charge < -0.3 is 0 Å². The first-order valence-electron chi connectivity index (χ1n) is 5.65. The third kappa shape index (κ3) is 2.01. The van der Waals surface area contributed by atoms with Gasteiger partial charge in [-0.15, -0.1) is 0 Å². The molecule has 0 aromatic heterocycles. The summed E-state index contributed by atoms with van der Waals surface area (Å²) in [7, 11) is -4.01. The molecule has 0 amide bonds. The fourth-order valence-electron chi connectivity index (χ4n) is 1.57. The summed E-state index contributed by atoms with van der Waals surface area (Å²) >= 11 is 0. The van der Waals surface area contributed by atoms with E-state index in [1.54, 1.807) is 12.1 Å². The molecular weight excluding hydrogens is 259 g/mol. The predicted octanol–water partition coefficient (Wildman–Crippen LogP) is 3.16. The first-order chi connectivity index (χ1) is 8.51. The summed E-state index contributed by atoms with van der Waals surface area (Å²) in [5.74, 6) is 0.540. The van der Waals surface area contributed by atoms with Gasteiger partial charge >= 0.3 is 104 Å². The quantitative estimate of drug-likeness (QED) is 0.610. The van der Waals surface area contributed by atoms with E-state index in [9.17, 15) is 0 Å². The molecule has 6 nitrogen and oxygen atoms in total. The van der Waals surface area contributed by atoms with Crippen molar-refractivity contribution in [3.63, 3.8) is 0 Å². The number of rotatable bonds is 2. The van der Waals surface area contributed by atoms with Crippen LogP contribution >= 0.6 is 7.74 Å². The molecule has 100 valence electrons. The maximum absolute atomic E-state index is 5.68. The average molecular weight is 274 g/mol. The van der Waals surface area contributed by atoms with Crippen LogP contribution in [0.2, 0.25) is 0 Å². The monoisotopic (exact) mass is 274 g/mol. The Hall–Kier alpha value is -0.750. The van der Waals surface area contributed by atoms with Crippen LogP contribution in [0.25, 0.3) is 0 Å². The number of benzene rings is 1. The molecule has 2 heterocycles. The minimum absolute atomic E-state index is 0.120. The molecular formula is C11H15O6P. The molecule has 1 spiro atoms. The fraction of sp³-hybridized carbons (Fsp3) is 0.455. The molecule has 2 fully saturated rings. The van der Waals surface area contributed by atoms with E-state index < -0.39 is 7.74 Å². The van der Waals surface area contributed by atoms with E-state index in [1.807, 2.05) is 32.0 Å². The van der Waals surface area contributed by atoms with Crippen molar-refractivity contribution in [1.29, 1.82) is 0 Å². The predicted molar refractivity (Wildman–Crippen MR) is 62.9 cm³/mol. The molecule has 0 saturated carbocycles. The second kappa shape index (κ2) is 3.87. The van der Waals surface area contributed by atoms with Gasteiger partial charge in [0, 0.05) is 0 Å². The van der Waals surface area contributed by atoms with Gasteiger partial charge in [-0.25, -0.2) is 0 Å². The van der Waals surface area contributed by atoms with Gasteiger partial charge in [-0.2, -0.15) is 0 Å². The number of para-hydroxylation sites is 1. The molecule has 0 radical (unpaired) electrons. The van der Waals surface area contributed by atoms with Gasteiger partial charge in [-0.05, 0) is 0 Å². The maximum atomic E-state index is 5.68. The van der Waals surface area contributed by atoms with Crippen LogP contribution in [0.15, 0.2) is 30.3 Å². The van der Waals surface area contributed by atoms with Crippen LogP contribution in [0.5, 0.6) is 5.75 Å². The Bertz CT molecular complexity index is 430. The summed E-state index contributed by atoms with van der Waals surface area (Å²) in [6.45, 7) is 4.84. The molecule has 0 unspecified atom stereocenters. The van der Waals surface area contributed by atoms with Crippen LogP contribution in [-0.4, -0.2) is 13.2 Å². The second-order valence-electron chi connectivity index (χ2n) is 5.08. The van der Waals surface area contributed by atoms with Crippen molar-refractivity contribution in [3.05, 3.63) is 30.3 Å². The summed E-state index contributed by atoms with van der Waals surface area (Å²) in [5.41, 5.74) is -0.120. The van der Waals surface area contributed by atoms with Crippen LogP contribution in [0.3, 0.4) is 0 Å². The normalized spacial score (nSPS) is 29.8. The summed E-state index contributed by atoms with van der Waals surface area (Å²) in [5, 5.41) is 4.34. The molecule has 0 aliphatic carbocycles. The first kappa shape index (κ1) is 12.3. The van der Waals surface area contributed by atoms with Crippen LogP contribution in [-0.2, 0) is 23.4 Å². The summed E-state index contributed by atoms with van der Waals surface area (Å²) < 4.78 is 26.9. The molecule has 7 heteroatoms. The fourth-order valence-corrected chi connectivity index (χ4v) is 3.78. The van der Waals surface area contributed by atoms with E-state index in [0.29, 0.717) is 19.0 Å². The summed E-state index contributed by atoms with van der Waals surface area (Å²) in [6.07, 6.45) is 0. The van der Waals surface area contributed by atoms with E-state index in [2.05, 4.69) is 5.04 Å². The van der Waals surface area contributed by atoms with Gasteiger partial charge in [-0.1, -0.05) is 0 Å². The van der Waals surface area contributed by atoms with Gasteiger partial charge in [0.15, 0.2) is 0 Å². The molecule has 0 atom stereocenters. The SMILES string of the molecule is CC1(C)COP2(Oc3ccccc3)(OC1)OOO2. The molecule has 1 aromatic carbocycles. The Morgan fingerprint density at radius 1 is 1.06 bits per heavy atom. The third-order valence-corrected chi connectivity index (χ3v) is 4.85.